The van der Waals surface area contributed by atoms with Crippen LogP contribution in [-0.4, -0.2) is 21.2 Å². The standard InChI is InChI=1S/C14H21F2N2Si/c15-12-9-11(17)10-13(16)14(12)18-3-7-19(8-4-18)5-1-2-6-19/h9-10,19H,1-8,17H2/q-1. The van der Waals surface area contributed by atoms with Gasteiger partial charge < -0.3 is 0 Å². The Balaban J connectivity index is 1.78. The Morgan fingerprint density at radius 2 is 1.47 bits per heavy atom. The van der Waals surface area contributed by atoms with Gasteiger partial charge in [-0.2, -0.15) is 0 Å². The molecule has 106 valence electrons. The first-order valence-electron chi connectivity index (χ1n) is 7.31. The van der Waals surface area contributed by atoms with E-state index in [-0.39, 0.29) is 11.4 Å². The van der Waals surface area contributed by atoms with Gasteiger partial charge in [-0.25, -0.2) is 0 Å². The third-order valence-electron chi connectivity index (χ3n) is 5.26. The third kappa shape index (κ3) is 2.36. The number of nitrogens with zero attached hydrogens (tertiary/aromatic N) is 1. The van der Waals surface area contributed by atoms with Gasteiger partial charge in [0.05, 0.1) is 0 Å². The Bertz CT molecular complexity index is 453. The SMILES string of the molecule is Nc1cc(F)c(N2CC[SiH-]3(CCCC3)CC2)c(F)c1. The van der Waals surface area contributed by atoms with Gasteiger partial charge in [0, 0.05) is 0 Å². The van der Waals surface area contributed by atoms with E-state index in [4.69, 9.17) is 5.73 Å². The summed E-state index contributed by atoms with van der Waals surface area (Å²) in [7, 11) is -1.35. The van der Waals surface area contributed by atoms with Crippen molar-refractivity contribution in [3.05, 3.63) is 23.8 Å². The second-order valence-electron chi connectivity index (χ2n) is 6.41. The molecule has 0 radical (unpaired) electrons. The van der Waals surface area contributed by atoms with Gasteiger partial charge in [0.1, 0.15) is 0 Å². The van der Waals surface area contributed by atoms with E-state index in [9.17, 15) is 8.78 Å². The van der Waals surface area contributed by atoms with Crippen molar-refractivity contribution in [2.75, 3.05) is 23.7 Å². The Labute approximate surface area is 113 Å². The molecular formula is C14H21F2N2Si-. The molecule has 3 rings (SSSR count). The zero-order chi connectivity index (χ0) is 13.5. The second-order valence-corrected chi connectivity index (χ2v) is 12.2. The van der Waals surface area contributed by atoms with Crippen LogP contribution in [-0.2, 0) is 0 Å². The molecule has 0 bridgehead atoms. The molecule has 0 unspecified atom stereocenters. The number of rotatable bonds is 1. The number of halogens is 2. The molecule has 1 aromatic carbocycles. The summed E-state index contributed by atoms with van der Waals surface area (Å²) in [6.45, 7) is 1.64. The van der Waals surface area contributed by atoms with E-state index in [1.54, 1.807) is 0 Å². The molecule has 0 amide bonds. The zero-order valence-corrected chi connectivity index (χ0v) is 12.3. The van der Waals surface area contributed by atoms with Gasteiger partial charge in [-0.05, 0) is 0 Å². The van der Waals surface area contributed by atoms with Gasteiger partial charge >= 0.3 is 113 Å². The summed E-state index contributed by atoms with van der Waals surface area (Å²) in [6, 6.07) is 7.78. The Kier molecular flexibility index (Phi) is 3.25. The van der Waals surface area contributed by atoms with E-state index < -0.39 is 19.7 Å². The molecule has 2 saturated heterocycles. The quantitative estimate of drug-likeness (QED) is 0.632. The van der Waals surface area contributed by atoms with Crippen molar-refractivity contribution in [2.24, 2.45) is 0 Å². The molecular weight excluding hydrogens is 262 g/mol. The van der Waals surface area contributed by atoms with Crippen LogP contribution in [0.4, 0.5) is 20.2 Å². The number of anilines is 2. The third-order valence-corrected chi connectivity index (χ3v) is 11.5. The van der Waals surface area contributed by atoms with Crippen molar-refractivity contribution in [3.63, 3.8) is 0 Å². The van der Waals surface area contributed by atoms with Crippen LogP contribution in [0.3, 0.4) is 0 Å². The fourth-order valence-corrected chi connectivity index (χ4v) is 9.86. The summed E-state index contributed by atoms with van der Waals surface area (Å²) in [5.41, 5.74) is 5.74. The molecule has 19 heavy (non-hydrogen) atoms. The number of nitrogen functional groups attached to an aromatic ring is 1. The molecule has 0 atom stereocenters. The van der Waals surface area contributed by atoms with Crippen LogP contribution in [0.15, 0.2) is 12.1 Å². The minimum absolute atomic E-state index is 0.126. The van der Waals surface area contributed by atoms with E-state index in [0.29, 0.717) is 0 Å². The van der Waals surface area contributed by atoms with Gasteiger partial charge in [-0.15, -0.1) is 0 Å². The molecule has 2 aliphatic rings. The van der Waals surface area contributed by atoms with Crippen LogP contribution < -0.4 is 10.6 Å². The normalized spacial score (nSPS) is 23.8. The van der Waals surface area contributed by atoms with Crippen molar-refractivity contribution in [1.29, 1.82) is 0 Å². The number of hydrogen-bond acceptors (Lipinski definition) is 2. The molecule has 1 spiro atoms. The van der Waals surface area contributed by atoms with Crippen molar-refractivity contribution in [3.8, 4) is 0 Å². The van der Waals surface area contributed by atoms with E-state index in [2.05, 4.69) is 0 Å². The topological polar surface area (TPSA) is 29.3 Å². The summed E-state index contributed by atoms with van der Waals surface area (Å²) in [5, 5.41) is 0. The zero-order valence-electron chi connectivity index (χ0n) is 11.2. The van der Waals surface area contributed by atoms with Crippen LogP contribution in [0.5, 0.6) is 0 Å². The van der Waals surface area contributed by atoms with Gasteiger partial charge in [0.15, 0.2) is 0 Å². The number of nitrogens with two attached hydrogens (primary N) is 1. The monoisotopic (exact) mass is 283 g/mol. The molecule has 1 aromatic rings. The van der Waals surface area contributed by atoms with Gasteiger partial charge in [-0.1, -0.05) is 0 Å². The van der Waals surface area contributed by atoms with Gasteiger partial charge in [0.25, 0.3) is 0 Å². The van der Waals surface area contributed by atoms with Crippen molar-refractivity contribution >= 4 is 19.4 Å². The predicted octanol–water partition coefficient (Wildman–Crippen LogP) is 3.34. The van der Waals surface area contributed by atoms with Crippen molar-refractivity contribution < 1.29 is 8.78 Å². The summed E-state index contributed by atoms with van der Waals surface area (Å²) in [4.78, 5) is 1.88. The molecule has 0 aliphatic carbocycles. The molecule has 2 N–H and O–H groups in total. The van der Waals surface area contributed by atoms with Gasteiger partial charge in [0.2, 0.25) is 0 Å². The average Bonchev–Trinajstić information content (AvgIpc) is 2.79. The predicted molar refractivity (Wildman–Crippen MR) is 78.6 cm³/mol. The first-order valence-corrected chi connectivity index (χ1v) is 10.6. The molecule has 5 heteroatoms. The first-order chi connectivity index (χ1) is 9.10. The molecule has 2 heterocycles. The summed E-state index contributed by atoms with van der Waals surface area (Å²) >= 11 is 0. The number of hydrogen-bond donors (Lipinski definition) is 1. The van der Waals surface area contributed by atoms with E-state index in [0.717, 1.165) is 13.1 Å². The summed E-state index contributed by atoms with van der Waals surface area (Å²) in [5.74, 6) is -1.05. The average molecular weight is 283 g/mol. The van der Waals surface area contributed by atoms with Crippen molar-refractivity contribution in [2.45, 2.75) is 37.0 Å². The molecule has 2 nitrogen and oxygen atoms in total. The maximum atomic E-state index is 13.9. The fraction of sp³-hybridized carbons (Fsp3) is 0.571. The van der Waals surface area contributed by atoms with Gasteiger partial charge in [-0.3, -0.25) is 0 Å². The first kappa shape index (κ1) is 12.9. The Hall–Kier alpha value is -1.10. The minimum atomic E-state index is -1.35. The fourth-order valence-electron chi connectivity index (χ4n) is 4.10. The maximum absolute atomic E-state index is 13.9. The van der Waals surface area contributed by atoms with E-state index >= 15 is 0 Å². The Morgan fingerprint density at radius 3 is 2.00 bits per heavy atom. The van der Waals surface area contributed by atoms with E-state index in [1.807, 2.05) is 4.90 Å². The van der Waals surface area contributed by atoms with Crippen LogP contribution in [0.25, 0.3) is 0 Å². The van der Waals surface area contributed by atoms with Crippen LogP contribution in [0, 0.1) is 11.6 Å². The molecule has 0 saturated carbocycles. The summed E-state index contributed by atoms with van der Waals surface area (Å²) < 4.78 is 27.8. The number of benzene rings is 1. The van der Waals surface area contributed by atoms with Crippen LogP contribution in [0.1, 0.15) is 12.8 Å². The molecule has 2 aliphatic heterocycles. The van der Waals surface area contributed by atoms with Crippen LogP contribution in [0.2, 0.25) is 24.2 Å². The van der Waals surface area contributed by atoms with Crippen molar-refractivity contribution in [1.82, 2.24) is 0 Å². The summed E-state index contributed by atoms with van der Waals surface area (Å²) in [6.07, 6.45) is 2.77. The molecule has 0 aromatic heterocycles. The van der Waals surface area contributed by atoms with E-state index in [1.165, 1.54) is 49.2 Å². The second kappa shape index (κ2) is 4.78. The Morgan fingerprint density at radius 1 is 0.947 bits per heavy atom. The van der Waals surface area contributed by atoms with Crippen LogP contribution >= 0.6 is 0 Å². The molecule has 2 fully saturated rings.